The number of nitrogens with zero attached hydrogens (tertiary/aromatic N) is 5. The molecule has 0 saturated carbocycles. The van der Waals surface area contributed by atoms with Gasteiger partial charge in [0.25, 0.3) is 5.91 Å². The molecule has 0 saturated heterocycles. The fourth-order valence-corrected chi connectivity index (χ4v) is 4.72. The largest absolute Gasteiger partial charge is 0.338 e. The predicted octanol–water partition coefficient (Wildman–Crippen LogP) is 2.99. The molecule has 7 nitrogen and oxygen atoms in total. The maximum Gasteiger partial charge on any atom is 0.275 e. The zero-order valence-corrected chi connectivity index (χ0v) is 18.6. The molecular formula is C26H27N5O2. The van der Waals surface area contributed by atoms with Crippen molar-refractivity contribution in [3.05, 3.63) is 95.1 Å². The van der Waals surface area contributed by atoms with E-state index < -0.39 is 0 Å². The lowest BCUT2D eigenvalue weighted by Gasteiger charge is -2.30. The maximum absolute atomic E-state index is 13.7. The van der Waals surface area contributed by atoms with E-state index in [1.165, 1.54) is 11.1 Å². The minimum absolute atomic E-state index is 0.0263. The van der Waals surface area contributed by atoms with Crippen LogP contribution in [0.1, 0.15) is 45.0 Å². The highest BCUT2D eigenvalue weighted by Gasteiger charge is 2.32. The lowest BCUT2D eigenvalue weighted by atomic mass is 9.99. The van der Waals surface area contributed by atoms with E-state index in [-0.39, 0.29) is 11.8 Å². The number of benzene rings is 1. The molecule has 0 N–H and O–H groups in total. The minimum atomic E-state index is -0.0708. The first-order valence-electron chi connectivity index (χ1n) is 11.4. The second kappa shape index (κ2) is 9.02. The third kappa shape index (κ3) is 4.18. The molecule has 0 aliphatic carbocycles. The summed E-state index contributed by atoms with van der Waals surface area (Å²) < 4.78 is 1.90. The molecule has 3 aromatic rings. The van der Waals surface area contributed by atoms with Gasteiger partial charge in [-0.3, -0.25) is 19.3 Å². The first kappa shape index (κ1) is 21.1. The van der Waals surface area contributed by atoms with Gasteiger partial charge in [-0.2, -0.15) is 5.10 Å². The molecule has 0 spiro atoms. The Bertz CT molecular complexity index is 1200. The van der Waals surface area contributed by atoms with Crippen molar-refractivity contribution in [3.63, 3.8) is 0 Å². The third-order valence-corrected chi connectivity index (χ3v) is 6.46. The number of hydrogen-bond donors (Lipinski definition) is 0. The summed E-state index contributed by atoms with van der Waals surface area (Å²) in [5.41, 5.74) is 5.70. The third-order valence-electron chi connectivity index (χ3n) is 6.46. The molecule has 0 radical (unpaired) electrons. The molecule has 33 heavy (non-hydrogen) atoms. The van der Waals surface area contributed by atoms with Crippen molar-refractivity contribution in [2.45, 2.75) is 38.9 Å². The maximum atomic E-state index is 13.7. The van der Waals surface area contributed by atoms with Gasteiger partial charge < -0.3 is 9.80 Å². The Balaban J connectivity index is 1.47. The summed E-state index contributed by atoms with van der Waals surface area (Å²) >= 11 is 0. The Morgan fingerprint density at radius 3 is 2.55 bits per heavy atom. The molecule has 7 heteroatoms. The van der Waals surface area contributed by atoms with Crippen molar-refractivity contribution < 1.29 is 9.59 Å². The Morgan fingerprint density at radius 2 is 1.76 bits per heavy atom. The predicted molar refractivity (Wildman–Crippen MR) is 124 cm³/mol. The van der Waals surface area contributed by atoms with Gasteiger partial charge in [-0.05, 0) is 29.7 Å². The highest BCUT2D eigenvalue weighted by molar-refractivity contribution is 5.94. The number of hydrogen-bond acceptors (Lipinski definition) is 4. The molecule has 2 amide bonds. The molecule has 0 atom stereocenters. The van der Waals surface area contributed by atoms with Crippen molar-refractivity contribution in [2.24, 2.45) is 0 Å². The molecule has 4 heterocycles. The summed E-state index contributed by atoms with van der Waals surface area (Å²) in [6, 6.07) is 14.1. The first-order chi connectivity index (χ1) is 16.1. The number of carbonyl (C=O) groups is 2. The summed E-state index contributed by atoms with van der Waals surface area (Å²) in [6.07, 6.45) is 5.18. The second-order valence-corrected chi connectivity index (χ2v) is 8.56. The Hall–Kier alpha value is -3.74. The Kier molecular flexibility index (Phi) is 5.77. The van der Waals surface area contributed by atoms with Crippen LogP contribution in [0.2, 0.25) is 0 Å². The van der Waals surface area contributed by atoms with Crippen LogP contribution in [-0.2, 0) is 37.3 Å². The zero-order valence-electron chi connectivity index (χ0n) is 18.6. The average Bonchev–Trinajstić information content (AvgIpc) is 3.21. The van der Waals surface area contributed by atoms with Gasteiger partial charge in [0.15, 0.2) is 5.69 Å². The minimum Gasteiger partial charge on any atom is -0.338 e. The summed E-state index contributed by atoms with van der Waals surface area (Å²) in [6.45, 7) is 6.44. The second-order valence-electron chi connectivity index (χ2n) is 8.56. The van der Waals surface area contributed by atoms with Crippen molar-refractivity contribution >= 4 is 11.8 Å². The lowest BCUT2D eigenvalue weighted by Crippen LogP contribution is -2.39. The van der Waals surface area contributed by atoms with Crippen LogP contribution < -0.4 is 0 Å². The molecule has 2 aliphatic rings. The quantitative estimate of drug-likeness (QED) is 0.571. The highest BCUT2D eigenvalue weighted by Crippen LogP contribution is 2.27. The van der Waals surface area contributed by atoms with Crippen LogP contribution in [0.4, 0.5) is 0 Å². The van der Waals surface area contributed by atoms with Crippen LogP contribution in [0.15, 0.2) is 61.3 Å². The Labute approximate surface area is 193 Å². The van der Waals surface area contributed by atoms with E-state index in [2.05, 4.69) is 23.7 Å². The molecule has 0 fully saturated rings. The number of aromatic nitrogens is 3. The average molecular weight is 442 g/mol. The van der Waals surface area contributed by atoms with Crippen molar-refractivity contribution in [2.75, 3.05) is 13.1 Å². The van der Waals surface area contributed by atoms with Gasteiger partial charge in [0.05, 0.1) is 12.2 Å². The molecule has 1 aromatic carbocycles. The van der Waals surface area contributed by atoms with Crippen LogP contribution in [0.5, 0.6) is 0 Å². The SMILES string of the molecule is C=CCC(=O)N1CCc2c(c(C(=O)N3CCc4ccccc4C3)nn2Cc2ccccn2)C1. The van der Waals surface area contributed by atoms with Gasteiger partial charge in [0.2, 0.25) is 5.91 Å². The van der Waals surface area contributed by atoms with Crippen LogP contribution in [0.3, 0.4) is 0 Å². The van der Waals surface area contributed by atoms with E-state index >= 15 is 0 Å². The van der Waals surface area contributed by atoms with Gasteiger partial charge in [0.1, 0.15) is 0 Å². The monoisotopic (exact) mass is 441 g/mol. The number of fused-ring (bicyclic) bond motifs is 2. The van der Waals surface area contributed by atoms with E-state index in [0.717, 1.165) is 23.4 Å². The standard InChI is InChI=1S/C26H27N5O2/c1-2-7-24(32)29-15-12-23-22(18-29)25(28-31(23)17-21-10-5-6-13-27-21)26(33)30-14-11-19-8-3-4-9-20(19)16-30/h2-6,8-10,13H,1,7,11-12,14-18H2. The van der Waals surface area contributed by atoms with Crippen LogP contribution >= 0.6 is 0 Å². The number of rotatable bonds is 5. The smallest absolute Gasteiger partial charge is 0.275 e. The van der Waals surface area contributed by atoms with Crippen LogP contribution in [0, 0.1) is 0 Å². The molecule has 0 unspecified atom stereocenters. The first-order valence-corrected chi connectivity index (χ1v) is 11.4. The van der Waals surface area contributed by atoms with E-state index in [1.54, 1.807) is 17.2 Å². The lowest BCUT2D eigenvalue weighted by molar-refractivity contribution is -0.131. The summed E-state index contributed by atoms with van der Waals surface area (Å²) in [5.74, 6) is -0.0445. The summed E-state index contributed by atoms with van der Waals surface area (Å²) in [5, 5.41) is 4.79. The van der Waals surface area contributed by atoms with E-state index in [0.29, 0.717) is 51.3 Å². The van der Waals surface area contributed by atoms with Gasteiger partial charge in [0, 0.05) is 56.5 Å². The number of pyridine rings is 1. The molecule has 2 aromatic heterocycles. The van der Waals surface area contributed by atoms with E-state index in [4.69, 9.17) is 5.10 Å². The normalized spacial score (nSPS) is 15.0. The number of amides is 2. The van der Waals surface area contributed by atoms with E-state index in [9.17, 15) is 9.59 Å². The molecule has 5 rings (SSSR count). The fraction of sp³-hybridized carbons (Fsp3) is 0.308. The summed E-state index contributed by atoms with van der Waals surface area (Å²) in [4.78, 5) is 34.3. The molecule has 0 bridgehead atoms. The Morgan fingerprint density at radius 1 is 0.970 bits per heavy atom. The van der Waals surface area contributed by atoms with Gasteiger partial charge in [-0.25, -0.2) is 0 Å². The number of carbonyl (C=O) groups excluding carboxylic acids is 2. The molecule has 2 aliphatic heterocycles. The fourth-order valence-electron chi connectivity index (χ4n) is 4.72. The molecular weight excluding hydrogens is 414 g/mol. The van der Waals surface area contributed by atoms with Gasteiger partial charge in [-0.15, -0.1) is 6.58 Å². The highest BCUT2D eigenvalue weighted by atomic mass is 16.2. The molecule has 168 valence electrons. The summed E-state index contributed by atoms with van der Waals surface area (Å²) in [7, 11) is 0. The van der Waals surface area contributed by atoms with Crippen LogP contribution in [-0.4, -0.2) is 49.5 Å². The van der Waals surface area contributed by atoms with E-state index in [1.807, 2.05) is 39.9 Å². The zero-order chi connectivity index (χ0) is 22.8. The topological polar surface area (TPSA) is 71.3 Å². The van der Waals surface area contributed by atoms with Gasteiger partial charge >= 0.3 is 0 Å². The van der Waals surface area contributed by atoms with Crippen molar-refractivity contribution in [3.8, 4) is 0 Å². The van der Waals surface area contributed by atoms with Gasteiger partial charge in [-0.1, -0.05) is 36.4 Å². The van der Waals surface area contributed by atoms with Crippen molar-refractivity contribution in [1.29, 1.82) is 0 Å². The van der Waals surface area contributed by atoms with Crippen molar-refractivity contribution in [1.82, 2.24) is 24.6 Å². The van der Waals surface area contributed by atoms with Crippen LogP contribution in [0.25, 0.3) is 0 Å².